The highest BCUT2D eigenvalue weighted by Gasteiger charge is 2.76. The van der Waals surface area contributed by atoms with Crippen LogP contribution in [0.3, 0.4) is 0 Å². The second-order valence-corrected chi connectivity index (χ2v) is 18.9. The molecule has 0 N–H and O–H groups in total. The summed E-state index contributed by atoms with van der Waals surface area (Å²) in [5.74, 6) is 8.58. The third kappa shape index (κ3) is 2.87. The van der Waals surface area contributed by atoms with Gasteiger partial charge in [-0.1, -0.05) is 86.4 Å². The quantitative estimate of drug-likeness (QED) is 0.315. The minimum atomic E-state index is 0.928. The van der Waals surface area contributed by atoms with Crippen LogP contribution >= 0.6 is 86.4 Å². The van der Waals surface area contributed by atoms with Gasteiger partial charge in [0.05, 0.1) is 0 Å². The highest BCUT2D eigenvalue weighted by Crippen LogP contribution is 2.80. The molecule has 8 heteroatoms. The van der Waals surface area contributed by atoms with Crippen molar-refractivity contribution in [3.63, 3.8) is 0 Å². The van der Waals surface area contributed by atoms with Gasteiger partial charge in [0.1, 0.15) is 0 Å². The van der Waals surface area contributed by atoms with Gasteiger partial charge in [0.2, 0.25) is 0 Å². The van der Waals surface area contributed by atoms with Gasteiger partial charge in [-0.3, -0.25) is 0 Å². The molecule has 0 amide bonds. The molecule has 0 aliphatic heterocycles. The summed E-state index contributed by atoms with van der Waals surface area (Å²) >= 11 is 0. The summed E-state index contributed by atoms with van der Waals surface area (Å²) in [6.45, 7) is 0. The van der Waals surface area contributed by atoms with Crippen molar-refractivity contribution in [3.05, 3.63) is 0 Å². The topological polar surface area (TPSA) is 0 Å². The normalized spacial score (nSPS) is 55.8. The third-order valence-electron chi connectivity index (χ3n) is 8.01. The van der Waals surface area contributed by atoms with E-state index in [0.717, 1.165) is 68.3 Å². The van der Waals surface area contributed by atoms with Crippen molar-refractivity contribution in [3.8, 4) is 0 Å². The molecule has 0 radical (unpaired) electrons. The van der Waals surface area contributed by atoms with Crippen LogP contribution in [0.15, 0.2) is 0 Å². The molecule has 5 aliphatic carbocycles. The summed E-state index contributed by atoms with van der Waals surface area (Å²) in [5, 5.41) is 3.71. The number of hydrogen-bond acceptors (Lipinski definition) is 8. The zero-order valence-electron chi connectivity index (χ0n) is 15.6. The molecule has 0 spiro atoms. The molecule has 5 aliphatic rings. The maximum absolute atomic E-state index is 2.30. The largest absolute Gasteiger partial charge is 0.0973 e. The molecule has 0 aromatic rings. The Kier molecular flexibility index (Phi) is 6.67. The second kappa shape index (κ2) is 8.38. The summed E-state index contributed by atoms with van der Waals surface area (Å²) in [4.78, 5) is 0. The standard InChI is InChI=1S/C18H28S8/c1-19-23-15-7-5-8(16(15)24-20-2)12-11(7)13-9-6-10(14(12)13)18(26-22-4)17(9)25-21-3/h7-18H,5-6H2,1-4H3. The Morgan fingerprint density at radius 1 is 0.423 bits per heavy atom. The van der Waals surface area contributed by atoms with Gasteiger partial charge in [-0.15, -0.1) is 0 Å². The average Bonchev–Trinajstić information content (AvgIpc) is 3.29. The molecule has 8 unspecified atom stereocenters. The monoisotopic (exact) mass is 500 g/mol. The lowest BCUT2D eigenvalue weighted by molar-refractivity contribution is -0.0847. The lowest BCUT2D eigenvalue weighted by Crippen LogP contribution is -2.60. The Morgan fingerprint density at radius 2 is 0.654 bits per heavy atom. The average molecular weight is 501 g/mol. The summed E-state index contributed by atoms with van der Waals surface area (Å²) in [7, 11) is 17.0. The first-order valence-electron chi connectivity index (χ1n) is 9.54. The van der Waals surface area contributed by atoms with E-state index in [9.17, 15) is 0 Å². The van der Waals surface area contributed by atoms with Crippen LogP contribution in [0.4, 0.5) is 0 Å². The van der Waals surface area contributed by atoms with Crippen molar-refractivity contribution in [2.75, 3.05) is 25.0 Å². The van der Waals surface area contributed by atoms with E-state index in [2.05, 4.69) is 68.2 Å². The molecule has 5 rings (SSSR count). The fourth-order valence-electron chi connectivity index (χ4n) is 7.76. The van der Waals surface area contributed by atoms with Gasteiger partial charge in [0.15, 0.2) is 0 Å². The first-order chi connectivity index (χ1) is 12.8. The summed E-state index contributed by atoms with van der Waals surface area (Å²) in [6, 6.07) is 0. The van der Waals surface area contributed by atoms with Gasteiger partial charge in [0.25, 0.3) is 0 Å². The Labute approximate surface area is 190 Å². The molecule has 26 heavy (non-hydrogen) atoms. The molecule has 0 aromatic heterocycles. The molecule has 5 fully saturated rings. The van der Waals surface area contributed by atoms with Crippen molar-refractivity contribution in [2.24, 2.45) is 47.3 Å². The molecule has 0 saturated heterocycles. The smallest absolute Gasteiger partial charge is 0.0312 e. The van der Waals surface area contributed by atoms with Crippen molar-refractivity contribution >= 4 is 86.4 Å². The maximum atomic E-state index is 2.30. The van der Waals surface area contributed by atoms with Crippen LogP contribution in [-0.4, -0.2) is 46.0 Å². The number of rotatable bonds is 8. The van der Waals surface area contributed by atoms with E-state index >= 15 is 0 Å². The first kappa shape index (κ1) is 20.7. The lowest BCUT2D eigenvalue weighted by Gasteiger charge is -2.61. The minimum absolute atomic E-state index is 0.928. The SMILES string of the molecule is CSSC1C2CC(C1SSC)C1C2C2C3CC(C(SSC)C3SSC)C12. The van der Waals surface area contributed by atoms with E-state index < -0.39 is 0 Å². The molecular weight excluding hydrogens is 473 g/mol. The van der Waals surface area contributed by atoms with E-state index in [4.69, 9.17) is 0 Å². The van der Waals surface area contributed by atoms with E-state index in [1.807, 2.05) is 43.2 Å². The van der Waals surface area contributed by atoms with E-state index in [0.29, 0.717) is 0 Å². The molecule has 5 saturated carbocycles. The van der Waals surface area contributed by atoms with Crippen LogP contribution in [0.2, 0.25) is 0 Å². The van der Waals surface area contributed by atoms with Crippen molar-refractivity contribution in [1.82, 2.24) is 0 Å². The first-order valence-corrected chi connectivity index (χ1v) is 20.0. The number of hydrogen-bond donors (Lipinski definition) is 0. The highest BCUT2D eigenvalue weighted by molar-refractivity contribution is 8.79. The summed E-state index contributed by atoms with van der Waals surface area (Å²) in [6.07, 6.45) is 12.3. The van der Waals surface area contributed by atoms with E-state index in [-0.39, 0.29) is 0 Å². The molecule has 148 valence electrons. The van der Waals surface area contributed by atoms with Gasteiger partial charge in [-0.25, -0.2) is 0 Å². The van der Waals surface area contributed by atoms with Crippen LogP contribution < -0.4 is 0 Å². The Hall–Kier alpha value is 2.80. The number of fused-ring (bicyclic) bond motifs is 12. The summed E-state index contributed by atoms with van der Waals surface area (Å²) in [5.41, 5.74) is 0. The van der Waals surface area contributed by atoms with Gasteiger partial charge in [-0.05, 0) is 85.2 Å². The fourth-order valence-corrected chi connectivity index (χ4v) is 19.0. The Bertz CT molecular complexity index is 433. The van der Waals surface area contributed by atoms with Crippen LogP contribution in [0.25, 0.3) is 0 Å². The fraction of sp³-hybridized carbons (Fsp3) is 1.00. The highest BCUT2D eigenvalue weighted by atomic mass is 33.1. The van der Waals surface area contributed by atoms with Gasteiger partial charge < -0.3 is 0 Å². The van der Waals surface area contributed by atoms with Crippen LogP contribution in [0.1, 0.15) is 12.8 Å². The zero-order chi connectivity index (χ0) is 18.0. The van der Waals surface area contributed by atoms with Crippen LogP contribution in [0, 0.1) is 47.3 Å². The lowest BCUT2D eigenvalue weighted by atomic mass is 9.48. The minimum Gasteiger partial charge on any atom is -0.0973 e. The van der Waals surface area contributed by atoms with Crippen molar-refractivity contribution < 1.29 is 0 Å². The molecule has 0 aromatic carbocycles. The predicted molar refractivity (Wildman–Crippen MR) is 137 cm³/mol. The van der Waals surface area contributed by atoms with Gasteiger partial charge in [0, 0.05) is 21.0 Å². The predicted octanol–water partition coefficient (Wildman–Crippen LogP) is 7.28. The van der Waals surface area contributed by atoms with Crippen molar-refractivity contribution in [1.29, 1.82) is 0 Å². The van der Waals surface area contributed by atoms with Crippen LogP contribution in [0.5, 0.6) is 0 Å². The molecular formula is C18H28S8. The Balaban J connectivity index is 1.40. The van der Waals surface area contributed by atoms with E-state index in [1.165, 1.54) is 0 Å². The molecule has 8 atom stereocenters. The van der Waals surface area contributed by atoms with Gasteiger partial charge >= 0.3 is 0 Å². The molecule has 0 nitrogen and oxygen atoms in total. The van der Waals surface area contributed by atoms with E-state index in [1.54, 1.807) is 12.8 Å². The third-order valence-corrected chi connectivity index (χ3v) is 17.6. The van der Waals surface area contributed by atoms with Crippen LogP contribution in [-0.2, 0) is 0 Å². The van der Waals surface area contributed by atoms with Crippen molar-refractivity contribution in [2.45, 2.75) is 33.8 Å². The second-order valence-electron chi connectivity index (χ2n) is 8.35. The zero-order valence-corrected chi connectivity index (χ0v) is 22.1. The molecule has 4 bridgehead atoms. The Morgan fingerprint density at radius 3 is 0.846 bits per heavy atom. The molecule has 0 heterocycles. The maximum Gasteiger partial charge on any atom is 0.0312 e. The van der Waals surface area contributed by atoms with Gasteiger partial charge in [-0.2, -0.15) is 0 Å². The summed E-state index contributed by atoms with van der Waals surface area (Å²) < 4.78 is 0.